The van der Waals surface area contributed by atoms with Gasteiger partial charge in [-0.25, -0.2) is 4.39 Å². The molecule has 0 saturated heterocycles. The van der Waals surface area contributed by atoms with Crippen molar-refractivity contribution in [1.29, 1.82) is 0 Å². The van der Waals surface area contributed by atoms with E-state index in [4.69, 9.17) is 4.74 Å². The van der Waals surface area contributed by atoms with Gasteiger partial charge in [0.2, 0.25) is 0 Å². The van der Waals surface area contributed by atoms with Gasteiger partial charge in [0.15, 0.2) is 0 Å². The van der Waals surface area contributed by atoms with Crippen molar-refractivity contribution in [2.75, 3.05) is 13.1 Å². The Kier molecular flexibility index (Phi) is 4.93. The fraction of sp³-hybridized carbons (Fsp3) is 0.235. The molecule has 3 nitrogen and oxygen atoms in total. The summed E-state index contributed by atoms with van der Waals surface area (Å²) in [5.74, 6) is 0.574. The van der Waals surface area contributed by atoms with Crippen molar-refractivity contribution in [2.45, 2.75) is 13.8 Å². The molecule has 2 rings (SSSR count). The summed E-state index contributed by atoms with van der Waals surface area (Å²) in [6.07, 6.45) is 0. The number of ether oxygens (including phenoxy) is 1. The second kappa shape index (κ2) is 6.88. The number of benzene rings is 2. The Morgan fingerprint density at radius 1 is 1.05 bits per heavy atom. The van der Waals surface area contributed by atoms with Gasteiger partial charge in [-0.2, -0.15) is 0 Å². The molecule has 0 aliphatic carbocycles. The van der Waals surface area contributed by atoms with Crippen molar-refractivity contribution < 1.29 is 13.9 Å². The zero-order valence-electron chi connectivity index (χ0n) is 12.2. The Labute approximate surface area is 124 Å². The maximum absolute atomic E-state index is 12.9. The highest BCUT2D eigenvalue weighted by atomic mass is 19.1. The number of hydrogen-bond acceptors (Lipinski definition) is 2. The molecule has 0 aromatic heterocycles. The third-order valence-electron chi connectivity index (χ3n) is 3.21. The van der Waals surface area contributed by atoms with Crippen LogP contribution in [0, 0.1) is 5.82 Å². The number of nitrogens with zero attached hydrogens (tertiary/aromatic N) is 1. The molecule has 0 spiro atoms. The van der Waals surface area contributed by atoms with Crippen LogP contribution in [-0.4, -0.2) is 23.9 Å². The number of hydrogen-bond donors (Lipinski definition) is 0. The number of halogens is 1. The van der Waals surface area contributed by atoms with E-state index < -0.39 is 0 Å². The standard InChI is InChI=1S/C17H18FNO2/c1-3-19(4-2)17(20)15-7-5-6-8-16(15)21-14-11-9-13(18)10-12-14/h5-12H,3-4H2,1-2H3. The molecule has 0 N–H and O–H groups in total. The molecule has 0 radical (unpaired) electrons. The van der Waals surface area contributed by atoms with E-state index in [0.717, 1.165) is 0 Å². The first-order chi connectivity index (χ1) is 10.2. The molecular formula is C17H18FNO2. The number of carbonyl (C=O) groups is 1. The van der Waals surface area contributed by atoms with E-state index >= 15 is 0 Å². The smallest absolute Gasteiger partial charge is 0.257 e. The third-order valence-corrected chi connectivity index (χ3v) is 3.21. The van der Waals surface area contributed by atoms with E-state index in [-0.39, 0.29) is 11.7 Å². The lowest BCUT2D eigenvalue weighted by atomic mass is 10.1. The summed E-state index contributed by atoms with van der Waals surface area (Å²) in [6.45, 7) is 5.15. The Morgan fingerprint density at radius 3 is 2.29 bits per heavy atom. The Bertz CT molecular complexity index is 606. The molecule has 21 heavy (non-hydrogen) atoms. The van der Waals surface area contributed by atoms with Crippen LogP contribution in [0.5, 0.6) is 11.5 Å². The van der Waals surface area contributed by atoms with E-state index in [2.05, 4.69) is 0 Å². The summed E-state index contributed by atoms with van der Waals surface area (Å²) >= 11 is 0. The third kappa shape index (κ3) is 3.60. The quantitative estimate of drug-likeness (QED) is 0.828. The van der Waals surface area contributed by atoms with Gasteiger partial charge in [-0.1, -0.05) is 12.1 Å². The van der Waals surface area contributed by atoms with E-state index in [0.29, 0.717) is 30.2 Å². The summed E-state index contributed by atoms with van der Waals surface area (Å²) < 4.78 is 18.6. The predicted octanol–water partition coefficient (Wildman–Crippen LogP) is 4.10. The van der Waals surface area contributed by atoms with Crippen molar-refractivity contribution in [1.82, 2.24) is 4.90 Å². The minimum Gasteiger partial charge on any atom is -0.457 e. The van der Waals surface area contributed by atoms with Crippen LogP contribution < -0.4 is 4.74 Å². The molecule has 2 aromatic rings. The second-order valence-electron chi connectivity index (χ2n) is 4.53. The summed E-state index contributed by atoms with van der Waals surface area (Å²) in [5.41, 5.74) is 0.505. The summed E-state index contributed by atoms with van der Waals surface area (Å²) in [5, 5.41) is 0. The molecule has 0 heterocycles. The minimum atomic E-state index is -0.324. The number of para-hydroxylation sites is 1. The van der Waals surface area contributed by atoms with Crippen LogP contribution >= 0.6 is 0 Å². The van der Waals surface area contributed by atoms with Crippen LogP contribution in [0.2, 0.25) is 0 Å². The molecule has 4 heteroatoms. The first-order valence-electron chi connectivity index (χ1n) is 6.97. The molecular weight excluding hydrogens is 269 g/mol. The molecule has 110 valence electrons. The molecule has 0 unspecified atom stereocenters. The van der Waals surface area contributed by atoms with Gasteiger partial charge in [0, 0.05) is 13.1 Å². The summed E-state index contributed by atoms with van der Waals surface area (Å²) in [4.78, 5) is 14.2. The van der Waals surface area contributed by atoms with Crippen molar-refractivity contribution in [3.8, 4) is 11.5 Å². The topological polar surface area (TPSA) is 29.5 Å². The zero-order chi connectivity index (χ0) is 15.2. The fourth-order valence-corrected chi connectivity index (χ4v) is 2.04. The zero-order valence-corrected chi connectivity index (χ0v) is 12.2. The molecule has 0 aliphatic rings. The predicted molar refractivity (Wildman–Crippen MR) is 80.2 cm³/mol. The van der Waals surface area contributed by atoms with Gasteiger partial charge in [-0.3, -0.25) is 4.79 Å². The molecule has 0 fully saturated rings. The normalized spacial score (nSPS) is 10.2. The van der Waals surface area contributed by atoms with Gasteiger partial charge in [-0.15, -0.1) is 0 Å². The monoisotopic (exact) mass is 287 g/mol. The SMILES string of the molecule is CCN(CC)C(=O)c1ccccc1Oc1ccc(F)cc1. The summed E-state index contributed by atoms with van der Waals surface area (Å²) in [7, 11) is 0. The van der Waals surface area contributed by atoms with E-state index in [1.165, 1.54) is 24.3 Å². The van der Waals surface area contributed by atoms with Gasteiger partial charge in [0.05, 0.1) is 5.56 Å². The fourth-order valence-electron chi connectivity index (χ4n) is 2.04. The first kappa shape index (κ1) is 15.0. The van der Waals surface area contributed by atoms with Gasteiger partial charge in [0.25, 0.3) is 5.91 Å². The van der Waals surface area contributed by atoms with Crippen molar-refractivity contribution in [2.24, 2.45) is 0 Å². The maximum atomic E-state index is 12.9. The second-order valence-corrected chi connectivity index (χ2v) is 4.53. The number of amides is 1. The van der Waals surface area contributed by atoms with E-state index in [1.54, 1.807) is 29.2 Å². The van der Waals surface area contributed by atoms with Crippen molar-refractivity contribution >= 4 is 5.91 Å². The largest absolute Gasteiger partial charge is 0.457 e. The van der Waals surface area contributed by atoms with Gasteiger partial charge in [0.1, 0.15) is 17.3 Å². The lowest BCUT2D eigenvalue weighted by molar-refractivity contribution is 0.0770. The van der Waals surface area contributed by atoms with Crippen LogP contribution in [0.1, 0.15) is 24.2 Å². The highest BCUT2D eigenvalue weighted by Gasteiger charge is 2.17. The Balaban J connectivity index is 2.28. The van der Waals surface area contributed by atoms with Crippen LogP contribution in [0.3, 0.4) is 0 Å². The van der Waals surface area contributed by atoms with Crippen LogP contribution in [0.15, 0.2) is 48.5 Å². The highest BCUT2D eigenvalue weighted by Crippen LogP contribution is 2.26. The van der Waals surface area contributed by atoms with Gasteiger partial charge in [-0.05, 0) is 50.2 Å². The Morgan fingerprint density at radius 2 is 1.67 bits per heavy atom. The van der Waals surface area contributed by atoms with Gasteiger partial charge < -0.3 is 9.64 Å². The molecule has 0 aliphatic heterocycles. The average molecular weight is 287 g/mol. The average Bonchev–Trinajstić information content (AvgIpc) is 2.51. The number of rotatable bonds is 5. The van der Waals surface area contributed by atoms with E-state index in [9.17, 15) is 9.18 Å². The molecule has 0 atom stereocenters. The van der Waals surface area contributed by atoms with E-state index in [1.807, 2.05) is 13.8 Å². The first-order valence-corrected chi connectivity index (χ1v) is 6.97. The Hall–Kier alpha value is -2.36. The molecule has 1 amide bonds. The maximum Gasteiger partial charge on any atom is 0.257 e. The molecule has 0 saturated carbocycles. The lowest BCUT2D eigenvalue weighted by Crippen LogP contribution is -2.30. The van der Waals surface area contributed by atoms with Gasteiger partial charge >= 0.3 is 0 Å². The lowest BCUT2D eigenvalue weighted by Gasteiger charge is -2.20. The van der Waals surface area contributed by atoms with Crippen LogP contribution in [0.4, 0.5) is 4.39 Å². The minimum absolute atomic E-state index is 0.0716. The molecule has 0 bridgehead atoms. The number of carbonyl (C=O) groups excluding carboxylic acids is 1. The summed E-state index contributed by atoms with van der Waals surface area (Å²) in [6, 6.07) is 12.8. The highest BCUT2D eigenvalue weighted by molar-refractivity contribution is 5.97. The van der Waals surface area contributed by atoms with Crippen molar-refractivity contribution in [3.63, 3.8) is 0 Å². The van der Waals surface area contributed by atoms with Crippen LogP contribution in [0.25, 0.3) is 0 Å². The molecule has 2 aromatic carbocycles. The van der Waals surface area contributed by atoms with Crippen LogP contribution in [-0.2, 0) is 0 Å². The van der Waals surface area contributed by atoms with Crippen molar-refractivity contribution in [3.05, 3.63) is 59.9 Å².